The molecule has 0 heterocycles. The van der Waals surface area contributed by atoms with Crippen molar-refractivity contribution in [1.29, 1.82) is 0 Å². The number of unbranched alkanes of at least 4 members (excludes halogenated alkanes) is 22. The molecule has 0 aliphatic carbocycles. The van der Waals surface area contributed by atoms with Crippen molar-refractivity contribution >= 4 is 13.7 Å². The summed E-state index contributed by atoms with van der Waals surface area (Å²) < 4.78 is 23.6. The Morgan fingerprint density at radius 3 is 1.60 bits per heavy atom. The number of hydrogen-bond donors (Lipinski definition) is 3. The maximum Gasteiger partial charge on any atom is 0.472 e. The molecule has 0 aromatic carbocycles. The fourth-order valence-corrected chi connectivity index (χ4v) is 7.27. The highest BCUT2D eigenvalue weighted by Crippen LogP contribution is 2.43. The van der Waals surface area contributed by atoms with E-state index in [4.69, 9.17) is 9.05 Å². The summed E-state index contributed by atoms with van der Waals surface area (Å²) in [5.74, 6) is -0.162. The quantitative estimate of drug-likeness (QED) is 0.0246. The molecule has 0 saturated heterocycles. The first kappa shape index (κ1) is 53.7. The van der Waals surface area contributed by atoms with Gasteiger partial charge in [-0.3, -0.25) is 13.8 Å². The third-order valence-electron chi connectivity index (χ3n) is 10.2. The van der Waals surface area contributed by atoms with E-state index in [2.05, 4.69) is 55.6 Å². The van der Waals surface area contributed by atoms with Gasteiger partial charge in [-0.15, -0.1) is 0 Å². The molecule has 0 aromatic rings. The fraction of sp³-hybridized carbons (Fsp3) is 0.848. The number of likely N-dealkylation sites (N-methyl/N-ethyl adjacent to an activating group) is 1. The van der Waals surface area contributed by atoms with Crippen molar-refractivity contribution in [3.8, 4) is 0 Å². The monoisotopic (exact) mass is 798 g/mol. The number of amides is 1. The van der Waals surface area contributed by atoms with Crippen LogP contribution in [0.5, 0.6) is 0 Å². The van der Waals surface area contributed by atoms with E-state index in [1.807, 2.05) is 21.1 Å². The standard InChI is InChI=1S/C46H89N2O6P/c1-6-8-10-12-14-16-18-20-22-23-24-26-27-29-31-33-35-37-39-45(49)44(43-54-55(51,52)53-42-41-48(3,4)5)47-46(50)40-38-36-34-32-30-28-25-21-19-17-15-13-11-9-7-2/h9,11,15,17,21,25,44-45,49H,6-8,10,12-14,16,18-20,22-24,26-43H2,1-5H3,(H-,47,50,51,52)/p+1/b11-9-,17-15-,25-21-. The van der Waals surface area contributed by atoms with Crippen LogP contribution in [-0.4, -0.2) is 73.4 Å². The highest BCUT2D eigenvalue weighted by molar-refractivity contribution is 7.47. The number of carbonyl (C=O) groups excluding carboxylic acids is 1. The minimum Gasteiger partial charge on any atom is -0.391 e. The largest absolute Gasteiger partial charge is 0.472 e. The number of nitrogens with one attached hydrogen (secondary N) is 1. The topological polar surface area (TPSA) is 105 Å². The third-order valence-corrected chi connectivity index (χ3v) is 11.1. The van der Waals surface area contributed by atoms with Crippen LogP contribution in [-0.2, 0) is 18.4 Å². The summed E-state index contributed by atoms with van der Waals surface area (Å²) >= 11 is 0. The zero-order valence-electron chi connectivity index (χ0n) is 36.7. The molecular formula is C46H90N2O6P+. The summed E-state index contributed by atoms with van der Waals surface area (Å²) in [5.41, 5.74) is 0. The Morgan fingerprint density at radius 1 is 0.636 bits per heavy atom. The van der Waals surface area contributed by atoms with Gasteiger partial charge in [0.1, 0.15) is 13.2 Å². The molecule has 0 aliphatic heterocycles. The number of aliphatic hydroxyl groups excluding tert-OH is 1. The third kappa shape index (κ3) is 40.7. The molecule has 0 spiro atoms. The molecule has 0 radical (unpaired) electrons. The average Bonchev–Trinajstić information content (AvgIpc) is 3.13. The lowest BCUT2D eigenvalue weighted by Gasteiger charge is -2.26. The van der Waals surface area contributed by atoms with Crippen LogP contribution >= 0.6 is 7.82 Å². The van der Waals surface area contributed by atoms with Crippen molar-refractivity contribution in [3.63, 3.8) is 0 Å². The lowest BCUT2D eigenvalue weighted by Crippen LogP contribution is -2.46. The molecule has 0 rings (SSSR count). The van der Waals surface area contributed by atoms with Crippen LogP contribution in [0.1, 0.15) is 200 Å². The Balaban J connectivity index is 4.36. The first-order chi connectivity index (χ1) is 26.5. The summed E-state index contributed by atoms with van der Waals surface area (Å²) in [4.78, 5) is 23.1. The first-order valence-corrected chi connectivity index (χ1v) is 24.3. The summed E-state index contributed by atoms with van der Waals surface area (Å²) in [7, 11) is 1.60. The van der Waals surface area contributed by atoms with Crippen LogP contribution in [0, 0.1) is 0 Å². The van der Waals surface area contributed by atoms with E-state index in [0.717, 1.165) is 77.0 Å². The molecule has 1 amide bonds. The highest BCUT2D eigenvalue weighted by atomic mass is 31.2. The summed E-state index contributed by atoms with van der Waals surface area (Å²) in [6.45, 7) is 4.76. The second-order valence-electron chi connectivity index (χ2n) is 16.8. The van der Waals surface area contributed by atoms with Crippen molar-refractivity contribution in [1.82, 2.24) is 5.32 Å². The lowest BCUT2D eigenvalue weighted by atomic mass is 10.0. The Labute approximate surface area is 340 Å². The number of phosphoric acid groups is 1. The summed E-state index contributed by atoms with van der Waals surface area (Å²) in [5, 5.41) is 14.0. The van der Waals surface area contributed by atoms with E-state index in [1.165, 1.54) is 96.3 Å². The summed E-state index contributed by atoms with van der Waals surface area (Å²) in [6.07, 6.45) is 46.0. The number of hydrogen-bond acceptors (Lipinski definition) is 5. The van der Waals surface area contributed by atoms with E-state index < -0.39 is 20.0 Å². The van der Waals surface area contributed by atoms with Gasteiger partial charge in [0.15, 0.2) is 0 Å². The first-order valence-electron chi connectivity index (χ1n) is 22.9. The number of phosphoric ester groups is 1. The van der Waals surface area contributed by atoms with Gasteiger partial charge in [-0.1, -0.05) is 185 Å². The van der Waals surface area contributed by atoms with Gasteiger partial charge in [-0.2, -0.15) is 0 Å². The predicted molar refractivity (Wildman–Crippen MR) is 235 cm³/mol. The van der Waals surface area contributed by atoms with Gasteiger partial charge < -0.3 is 19.8 Å². The zero-order chi connectivity index (χ0) is 40.7. The van der Waals surface area contributed by atoms with Crippen molar-refractivity contribution < 1.29 is 32.9 Å². The van der Waals surface area contributed by atoms with Crippen LogP contribution in [0.15, 0.2) is 36.5 Å². The molecule has 9 heteroatoms. The number of nitrogens with zero attached hydrogens (tertiary/aromatic N) is 1. The van der Waals surface area contributed by atoms with Crippen molar-refractivity contribution in [2.75, 3.05) is 40.9 Å². The Hall–Kier alpha value is -1.28. The number of quaternary nitrogens is 1. The van der Waals surface area contributed by atoms with Gasteiger partial charge in [0.05, 0.1) is 39.9 Å². The summed E-state index contributed by atoms with van der Waals surface area (Å²) in [6, 6.07) is -0.768. The molecular weight excluding hydrogens is 707 g/mol. The van der Waals surface area contributed by atoms with Crippen molar-refractivity contribution in [3.05, 3.63) is 36.5 Å². The number of carbonyl (C=O) groups is 1. The van der Waals surface area contributed by atoms with Gasteiger partial charge in [0, 0.05) is 6.42 Å². The van der Waals surface area contributed by atoms with Gasteiger partial charge in [-0.25, -0.2) is 4.57 Å². The molecule has 0 aliphatic rings. The molecule has 0 bridgehead atoms. The van der Waals surface area contributed by atoms with Crippen LogP contribution < -0.4 is 5.32 Å². The minimum atomic E-state index is -4.32. The lowest BCUT2D eigenvalue weighted by molar-refractivity contribution is -0.870. The minimum absolute atomic E-state index is 0.0704. The second-order valence-corrected chi connectivity index (χ2v) is 18.2. The van der Waals surface area contributed by atoms with Crippen LogP contribution in [0.25, 0.3) is 0 Å². The predicted octanol–water partition coefficient (Wildman–Crippen LogP) is 12.7. The molecule has 3 N–H and O–H groups in total. The zero-order valence-corrected chi connectivity index (χ0v) is 37.6. The van der Waals surface area contributed by atoms with Crippen LogP contribution in [0.2, 0.25) is 0 Å². The maximum absolute atomic E-state index is 12.9. The van der Waals surface area contributed by atoms with Gasteiger partial charge in [0.25, 0.3) is 0 Å². The van der Waals surface area contributed by atoms with E-state index in [0.29, 0.717) is 23.9 Å². The van der Waals surface area contributed by atoms with E-state index >= 15 is 0 Å². The normalized spacial score (nSPS) is 14.7. The molecule has 324 valence electrons. The van der Waals surface area contributed by atoms with Gasteiger partial charge in [-0.05, 0) is 44.9 Å². The number of aliphatic hydroxyl groups is 1. The van der Waals surface area contributed by atoms with Gasteiger partial charge in [0.2, 0.25) is 5.91 Å². The molecule has 0 fully saturated rings. The Kier molecular flexibility index (Phi) is 37.4. The Morgan fingerprint density at radius 2 is 1.09 bits per heavy atom. The van der Waals surface area contributed by atoms with E-state index in [1.54, 1.807) is 0 Å². The highest BCUT2D eigenvalue weighted by Gasteiger charge is 2.28. The molecule has 55 heavy (non-hydrogen) atoms. The fourth-order valence-electron chi connectivity index (χ4n) is 6.53. The second kappa shape index (κ2) is 38.2. The van der Waals surface area contributed by atoms with E-state index in [-0.39, 0.29) is 19.1 Å². The maximum atomic E-state index is 12.9. The van der Waals surface area contributed by atoms with E-state index in [9.17, 15) is 19.4 Å². The molecule has 0 saturated carbocycles. The molecule has 3 unspecified atom stereocenters. The number of rotatable bonds is 41. The van der Waals surface area contributed by atoms with Crippen molar-refractivity contribution in [2.24, 2.45) is 0 Å². The molecule has 8 nitrogen and oxygen atoms in total. The molecule has 0 aromatic heterocycles. The van der Waals surface area contributed by atoms with Crippen molar-refractivity contribution in [2.45, 2.75) is 212 Å². The van der Waals surface area contributed by atoms with Crippen LogP contribution in [0.4, 0.5) is 0 Å². The average molecular weight is 798 g/mol. The number of allylic oxidation sites excluding steroid dienone is 6. The van der Waals surface area contributed by atoms with Crippen LogP contribution in [0.3, 0.4) is 0 Å². The smallest absolute Gasteiger partial charge is 0.391 e. The SMILES string of the molecule is CC/C=C\C/C=C\C/C=C\CCCCCCCC(=O)NC(COP(=O)(O)OCC[N+](C)(C)C)C(O)CCCCCCCCCCCCCCCCCCCC. The van der Waals surface area contributed by atoms with Gasteiger partial charge >= 0.3 is 7.82 Å². The molecule has 3 atom stereocenters. The Bertz CT molecular complexity index is 995.